The van der Waals surface area contributed by atoms with Crippen LogP contribution in [0.4, 0.5) is 0 Å². The minimum atomic E-state index is -1.94. The quantitative estimate of drug-likeness (QED) is 0.625. The summed E-state index contributed by atoms with van der Waals surface area (Å²) in [6, 6.07) is 0. The van der Waals surface area contributed by atoms with Crippen molar-refractivity contribution in [1.82, 2.24) is 0 Å². The maximum atomic E-state index is 10.6. The molecule has 110 valence electrons. The molecule has 2 aliphatic rings. The number of rotatable bonds is 0. The molecule has 0 aromatic carbocycles. The van der Waals surface area contributed by atoms with Gasteiger partial charge in [-0.05, 0) is 24.2 Å². The summed E-state index contributed by atoms with van der Waals surface area (Å²) in [5.74, 6) is -1.91. The number of nitrogens with zero attached hydrogens (tertiary/aromatic N) is 1. The highest BCUT2D eigenvalue weighted by atomic mass is 79.9. The molecule has 0 aromatic rings. The van der Waals surface area contributed by atoms with Crippen LogP contribution in [0.2, 0.25) is 0 Å². The lowest BCUT2D eigenvalue weighted by atomic mass is 9.67. The minimum Gasteiger partial charge on any atom is -0.355 e. The summed E-state index contributed by atoms with van der Waals surface area (Å²) in [5, 5.41) is 14.5. The van der Waals surface area contributed by atoms with Crippen LogP contribution in [0.1, 0.15) is 33.6 Å². The summed E-state index contributed by atoms with van der Waals surface area (Å²) in [5.41, 5.74) is 0.837. The molecule has 1 heterocycles. The molecule has 0 unspecified atom stereocenters. The third kappa shape index (κ3) is 2.76. The van der Waals surface area contributed by atoms with Crippen molar-refractivity contribution in [1.29, 1.82) is 0 Å². The van der Waals surface area contributed by atoms with E-state index in [9.17, 15) is 5.11 Å². The Morgan fingerprint density at radius 2 is 1.89 bits per heavy atom. The highest BCUT2D eigenvalue weighted by Crippen LogP contribution is 2.54. The molecule has 1 aliphatic heterocycles. The second-order valence-electron chi connectivity index (χ2n) is 6.36. The van der Waals surface area contributed by atoms with Gasteiger partial charge in [0, 0.05) is 0 Å². The number of hydrogen-bond donors (Lipinski definition) is 1. The van der Waals surface area contributed by atoms with E-state index in [0.29, 0.717) is 12.3 Å². The smallest absolute Gasteiger partial charge is 0.290 e. The van der Waals surface area contributed by atoms with Gasteiger partial charge < -0.3 is 9.94 Å². The van der Waals surface area contributed by atoms with Crippen LogP contribution in [0.5, 0.6) is 0 Å². The fourth-order valence-corrected chi connectivity index (χ4v) is 4.07. The van der Waals surface area contributed by atoms with Crippen LogP contribution < -0.4 is 0 Å². The fraction of sp³-hybridized carbons (Fsp3) is 0.917. The first-order valence-corrected chi connectivity index (χ1v) is 8.21. The van der Waals surface area contributed by atoms with Gasteiger partial charge in [0.15, 0.2) is 0 Å². The number of alkyl halides is 4. The average molecular weight is 394 g/mol. The van der Waals surface area contributed by atoms with Gasteiger partial charge in [-0.1, -0.05) is 76.7 Å². The maximum absolute atomic E-state index is 10.6. The zero-order chi connectivity index (χ0) is 14.6. The Hall–Kier alpha value is 0.780. The van der Waals surface area contributed by atoms with E-state index >= 15 is 0 Å². The number of hydrogen-bond acceptors (Lipinski definition) is 3. The predicted octanol–water partition coefficient (Wildman–Crippen LogP) is 4.27. The molecular weight excluding hydrogens is 376 g/mol. The number of halogens is 4. The van der Waals surface area contributed by atoms with E-state index in [-0.39, 0.29) is 10.2 Å². The molecule has 0 amide bonds. The molecule has 3 nitrogen and oxygen atoms in total. The van der Waals surface area contributed by atoms with Crippen molar-refractivity contribution >= 4 is 56.4 Å². The second kappa shape index (κ2) is 4.91. The van der Waals surface area contributed by atoms with Crippen LogP contribution in [-0.2, 0) is 4.84 Å². The van der Waals surface area contributed by atoms with Gasteiger partial charge in [0.05, 0.1) is 16.5 Å². The van der Waals surface area contributed by atoms with Crippen LogP contribution in [0, 0.1) is 17.3 Å². The normalized spacial score (nSPS) is 39.6. The SMILES string of the molecule is CC(C)(C)[C@H]1C[C@H](Br)C2=NO[C@](O)(C(Cl)(Cl)Cl)[C@H]2C1. The van der Waals surface area contributed by atoms with Crippen molar-refractivity contribution < 1.29 is 9.94 Å². The molecule has 0 aromatic heterocycles. The summed E-state index contributed by atoms with van der Waals surface area (Å²) >= 11 is 21.2. The molecular formula is C12H17BrCl3NO2. The average Bonchev–Trinajstić information content (AvgIpc) is 2.56. The van der Waals surface area contributed by atoms with Crippen molar-refractivity contribution in [2.75, 3.05) is 0 Å². The van der Waals surface area contributed by atoms with Gasteiger partial charge in [-0.25, -0.2) is 0 Å². The van der Waals surface area contributed by atoms with Gasteiger partial charge in [-0.3, -0.25) is 0 Å². The highest BCUT2D eigenvalue weighted by molar-refractivity contribution is 9.10. The van der Waals surface area contributed by atoms with Crippen molar-refractivity contribution in [2.45, 2.75) is 48.0 Å². The monoisotopic (exact) mass is 391 g/mol. The maximum Gasteiger partial charge on any atom is 0.290 e. The summed E-state index contributed by atoms with van der Waals surface area (Å²) in [6.45, 7) is 6.51. The lowest BCUT2D eigenvalue weighted by Gasteiger charge is -2.42. The van der Waals surface area contributed by atoms with Gasteiger partial charge in [-0.2, -0.15) is 0 Å². The second-order valence-corrected chi connectivity index (χ2v) is 9.74. The molecule has 1 aliphatic carbocycles. The van der Waals surface area contributed by atoms with Gasteiger partial charge in [0.25, 0.3) is 9.58 Å². The van der Waals surface area contributed by atoms with E-state index in [4.69, 9.17) is 39.6 Å². The standard InChI is InChI=1S/C12H17BrCl3NO2/c1-10(2,3)6-4-7-9(8(13)5-6)17-19-11(7,18)12(14,15)16/h6-8,18H,4-5H2,1-3H3/t6-,7+,8+,11+/m1/s1. The topological polar surface area (TPSA) is 41.8 Å². The first-order valence-electron chi connectivity index (χ1n) is 6.16. The van der Waals surface area contributed by atoms with E-state index < -0.39 is 15.5 Å². The first kappa shape index (κ1) is 16.2. The Kier molecular flexibility index (Phi) is 4.17. The number of aliphatic hydroxyl groups is 1. The van der Waals surface area contributed by atoms with Gasteiger partial charge >= 0.3 is 0 Å². The third-order valence-corrected chi connectivity index (χ3v) is 5.74. The highest BCUT2D eigenvalue weighted by Gasteiger charge is 2.63. The van der Waals surface area contributed by atoms with Crippen molar-refractivity contribution in [3.63, 3.8) is 0 Å². The lowest BCUT2D eigenvalue weighted by molar-refractivity contribution is -0.208. The molecule has 4 atom stereocenters. The zero-order valence-electron chi connectivity index (χ0n) is 11.0. The van der Waals surface area contributed by atoms with E-state index in [1.165, 1.54) is 0 Å². The van der Waals surface area contributed by atoms with Crippen LogP contribution in [0.15, 0.2) is 5.16 Å². The van der Waals surface area contributed by atoms with E-state index in [1.807, 2.05) is 0 Å². The molecule has 1 saturated carbocycles. The fourth-order valence-electron chi connectivity index (χ4n) is 2.71. The molecule has 1 fully saturated rings. The molecule has 19 heavy (non-hydrogen) atoms. The Morgan fingerprint density at radius 3 is 2.37 bits per heavy atom. The Morgan fingerprint density at radius 1 is 1.32 bits per heavy atom. The van der Waals surface area contributed by atoms with E-state index in [2.05, 4.69) is 41.9 Å². The number of fused-ring (bicyclic) bond motifs is 1. The van der Waals surface area contributed by atoms with Crippen LogP contribution >= 0.6 is 50.7 Å². The van der Waals surface area contributed by atoms with Crippen LogP contribution in [0.25, 0.3) is 0 Å². The third-order valence-electron chi connectivity index (χ3n) is 4.08. The van der Waals surface area contributed by atoms with E-state index in [1.54, 1.807) is 0 Å². The van der Waals surface area contributed by atoms with Gasteiger partial charge in [0.1, 0.15) is 0 Å². The van der Waals surface area contributed by atoms with Crippen LogP contribution in [-0.4, -0.2) is 25.2 Å². The molecule has 0 radical (unpaired) electrons. The molecule has 7 heteroatoms. The summed E-state index contributed by atoms with van der Waals surface area (Å²) in [7, 11) is 0. The Balaban J connectivity index is 2.31. The Bertz CT molecular complexity index is 405. The molecule has 1 N–H and O–H groups in total. The van der Waals surface area contributed by atoms with Crippen molar-refractivity contribution in [3.8, 4) is 0 Å². The van der Waals surface area contributed by atoms with Gasteiger partial charge in [0.2, 0.25) is 0 Å². The molecule has 0 saturated heterocycles. The molecule has 0 spiro atoms. The largest absolute Gasteiger partial charge is 0.355 e. The minimum absolute atomic E-state index is 0.0388. The summed E-state index contributed by atoms with van der Waals surface area (Å²) < 4.78 is -1.94. The molecule has 0 bridgehead atoms. The molecule has 2 rings (SSSR count). The summed E-state index contributed by atoms with van der Waals surface area (Å²) in [6.07, 6.45) is 1.62. The zero-order valence-corrected chi connectivity index (χ0v) is 14.8. The number of oxime groups is 1. The van der Waals surface area contributed by atoms with Gasteiger partial charge in [-0.15, -0.1) is 0 Å². The lowest BCUT2D eigenvalue weighted by Crippen LogP contribution is -2.54. The van der Waals surface area contributed by atoms with Crippen LogP contribution in [0.3, 0.4) is 0 Å². The Labute approximate surface area is 136 Å². The van der Waals surface area contributed by atoms with Crippen molar-refractivity contribution in [3.05, 3.63) is 0 Å². The van der Waals surface area contributed by atoms with E-state index in [0.717, 1.165) is 12.1 Å². The first-order chi connectivity index (χ1) is 8.47. The van der Waals surface area contributed by atoms with Crippen molar-refractivity contribution in [2.24, 2.45) is 22.4 Å². The predicted molar refractivity (Wildman–Crippen MR) is 82.1 cm³/mol. The summed E-state index contributed by atoms with van der Waals surface area (Å²) in [4.78, 5) is 5.14.